The van der Waals surface area contributed by atoms with Crippen LogP contribution in [0.4, 0.5) is 5.95 Å². The van der Waals surface area contributed by atoms with Crippen LogP contribution in [0.2, 0.25) is 0 Å². The number of nitrogens with one attached hydrogen (secondary N) is 1. The fourth-order valence-electron chi connectivity index (χ4n) is 1.06. The van der Waals surface area contributed by atoms with Crippen LogP contribution in [0.5, 0.6) is 0 Å². The maximum absolute atomic E-state index is 4.18. The minimum atomic E-state index is 0.931. The smallest absolute Gasteiger partial charge is 0.202 e. The van der Waals surface area contributed by atoms with E-state index in [1.54, 1.807) is 0 Å². The Bertz CT molecular complexity index is 184. The van der Waals surface area contributed by atoms with E-state index < -0.39 is 0 Å². The van der Waals surface area contributed by atoms with Gasteiger partial charge in [-0.3, -0.25) is 0 Å². The van der Waals surface area contributed by atoms with Crippen molar-refractivity contribution < 1.29 is 0 Å². The molecule has 0 radical (unpaired) electrons. The SMILES string of the molecule is CCCn1ccnc1NCC. The van der Waals surface area contributed by atoms with Crippen LogP contribution in [0.1, 0.15) is 20.3 Å². The summed E-state index contributed by atoms with van der Waals surface area (Å²) in [6, 6.07) is 0. The van der Waals surface area contributed by atoms with Gasteiger partial charge < -0.3 is 9.88 Å². The standard InChI is InChI=1S/C8H15N3/c1-3-6-11-7-5-10-8(11)9-4-2/h5,7H,3-4,6H2,1-2H3,(H,9,10). The monoisotopic (exact) mass is 153 g/mol. The molecule has 0 unspecified atom stereocenters. The van der Waals surface area contributed by atoms with E-state index in [4.69, 9.17) is 0 Å². The molecule has 0 fully saturated rings. The molecule has 0 bridgehead atoms. The maximum atomic E-state index is 4.18. The molecule has 62 valence electrons. The molecule has 0 aromatic carbocycles. The van der Waals surface area contributed by atoms with Crippen LogP contribution < -0.4 is 5.32 Å². The molecule has 3 nitrogen and oxygen atoms in total. The highest BCUT2D eigenvalue weighted by Gasteiger charge is 1.97. The minimum Gasteiger partial charge on any atom is -0.356 e. The molecule has 0 aliphatic carbocycles. The van der Waals surface area contributed by atoms with E-state index in [0.717, 1.165) is 25.5 Å². The second kappa shape index (κ2) is 4.01. The average Bonchev–Trinajstić information content (AvgIpc) is 2.39. The summed E-state index contributed by atoms with van der Waals surface area (Å²) in [7, 11) is 0. The second-order valence-electron chi connectivity index (χ2n) is 2.47. The largest absolute Gasteiger partial charge is 0.356 e. The molecule has 0 saturated heterocycles. The summed E-state index contributed by atoms with van der Waals surface area (Å²) >= 11 is 0. The lowest BCUT2D eigenvalue weighted by atomic mass is 10.5. The Morgan fingerprint density at radius 3 is 3.00 bits per heavy atom. The fraction of sp³-hybridized carbons (Fsp3) is 0.625. The third-order valence-electron chi connectivity index (χ3n) is 1.51. The molecule has 1 aromatic rings. The van der Waals surface area contributed by atoms with Crippen molar-refractivity contribution in [1.29, 1.82) is 0 Å². The Hall–Kier alpha value is -0.990. The van der Waals surface area contributed by atoms with Crippen LogP contribution in [-0.4, -0.2) is 16.1 Å². The molecule has 0 saturated carbocycles. The number of aromatic nitrogens is 2. The first-order chi connectivity index (χ1) is 5.38. The van der Waals surface area contributed by atoms with Crippen molar-refractivity contribution in [2.75, 3.05) is 11.9 Å². The molecule has 3 heteroatoms. The Morgan fingerprint density at radius 2 is 2.36 bits per heavy atom. The molecule has 0 atom stereocenters. The predicted octanol–water partition coefficient (Wildman–Crippen LogP) is 1.72. The van der Waals surface area contributed by atoms with Crippen molar-refractivity contribution in [3.63, 3.8) is 0 Å². The third-order valence-corrected chi connectivity index (χ3v) is 1.51. The zero-order chi connectivity index (χ0) is 8.10. The lowest BCUT2D eigenvalue weighted by molar-refractivity contribution is 0.683. The molecule has 1 rings (SSSR count). The zero-order valence-corrected chi connectivity index (χ0v) is 7.17. The molecular weight excluding hydrogens is 138 g/mol. The molecule has 11 heavy (non-hydrogen) atoms. The lowest BCUT2D eigenvalue weighted by Gasteiger charge is -2.05. The van der Waals surface area contributed by atoms with Crippen LogP contribution >= 0.6 is 0 Å². The van der Waals surface area contributed by atoms with Gasteiger partial charge in [-0.15, -0.1) is 0 Å². The first-order valence-corrected chi connectivity index (χ1v) is 4.13. The van der Waals surface area contributed by atoms with Gasteiger partial charge >= 0.3 is 0 Å². The van der Waals surface area contributed by atoms with Crippen LogP contribution in [-0.2, 0) is 6.54 Å². The van der Waals surface area contributed by atoms with Gasteiger partial charge in [0.05, 0.1) is 0 Å². The molecule has 1 heterocycles. The lowest BCUT2D eigenvalue weighted by Crippen LogP contribution is -2.05. The molecule has 0 aliphatic rings. The molecule has 1 N–H and O–H groups in total. The van der Waals surface area contributed by atoms with Gasteiger partial charge in [0.2, 0.25) is 5.95 Å². The third kappa shape index (κ3) is 1.97. The van der Waals surface area contributed by atoms with Crippen molar-refractivity contribution in [3.05, 3.63) is 12.4 Å². The van der Waals surface area contributed by atoms with Gasteiger partial charge in [0.25, 0.3) is 0 Å². The molecule has 0 amide bonds. The summed E-state index contributed by atoms with van der Waals surface area (Å²) in [6.45, 7) is 6.21. The molecule has 0 spiro atoms. The first-order valence-electron chi connectivity index (χ1n) is 4.13. The van der Waals surface area contributed by atoms with E-state index >= 15 is 0 Å². The summed E-state index contributed by atoms with van der Waals surface area (Å²) in [5, 5.41) is 3.19. The van der Waals surface area contributed by atoms with Crippen LogP contribution in [0, 0.1) is 0 Å². The number of hydrogen-bond acceptors (Lipinski definition) is 2. The Morgan fingerprint density at radius 1 is 1.55 bits per heavy atom. The summed E-state index contributed by atoms with van der Waals surface area (Å²) in [6.07, 6.45) is 4.98. The van der Waals surface area contributed by atoms with Gasteiger partial charge in [-0.1, -0.05) is 6.92 Å². The van der Waals surface area contributed by atoms with Crippen molar-refractivity contribution in [2.45, 2.75) is 26.8 Å². The average molecular weight is 153 g/mol. The van der Waals surface area contributed by atoms with E-state index in [-0.39, 0.29) is 0 Å². The minimum absolute atomic E-state index is 0.931. The van der Waals surface area contributed by atoms with Gasteiger partial charge in [-0.25, -0.2) is 4.98 Å². The van der Waals surface area contributed by atoms with Crippen molar-refractivity contribution in [1.82, 2.24) is 9.55 Å². The Kier molecular flexibility index (Phi) is 2.95. The Balaban J connectivity index is 2.62. The number of rotatable bonds is 4. The fourth-order valence-corrected chi connectivity index (χ4v) is 1.06. The predicted molar refractivity (Wildman–Crippen MR) is 46.7 cm³/mol. The number of hydrogen-bond donors (Lipinski definition) is 1. The number of nitrogens with zero attached hydrogens (tertiary/aromatic N) is 2. The summed E-state index contributed by atoms with van der Waals surface area (Å²) in [5.74, 6) is 0.981. The molecule has 1 aromatic heterocycles. The molecule has 0 aliphatic heterocycles. The number of aryl methyl sites for hydroxylation is 1. The van der Waals surface area contributed by atoms with Crippen molar-refractivity contribution in [2.24, 2.45) is 0 Å². The summed E-state index contributed by atoms with van der Waals surface area (Å²) in [5.41, 5.74) is 0. The van der Waals surface area contributed by atoms with Gasteiger partial charge in [0.1, 0.15) is 0 Å². The highest BCUT2D eigenvalue weighted by atomic mass is 15.2. The quantitative estimate of drug-likeness (QED) is 0.713. The van der Waals surface area contributed by atoms with Crippen LogP contribution in [0.3, 0.4) is 0 Å². The van der Waals surface area contributed by atoms with Gasteiger partial charge in [-0.05, 0) is 13.3 Å². The summed E-state index contributed by atoms with van der Waals surface area (Å²) < 4.78 is 2.13. The van der Waals surface area contributed by atoms with E-state index in [2.05, 4.69) is 28.7 Å². The molecular formula is C8H15N3. The van der Waals surface area contributed by atoms with E-state index in [1.165, 1.54) is 0 Å². The maximum Gasteiger partial charge on any atom is 0.202 e. The normalized spacial score (nSPS) is 10.0. The topological polar surface area (TPSA) is 29.9 Å². The van der Waals surface area contributed by atoms with E-state index in [9.17, 15) is 0 Å². The highest BCUT2D eigenvalue weighted by molar-refractivity contribution is 5.25. The number of anilines is 1. The van der Waals surface area contributed by atoms with Crippen LogP contribution in [0.25, 0.3) is 0 Å². The van der Waals surface area contributed by atoms with Gasteiger partial charge in [-0.2, -0.15) is 0 Å². The van der Waals surface area contributed by atoms with E-state index in [1.807, 2.05) is 12.4 Å². The second-order valence-corrected chi connectivity index (χ2v) is 2.47. The highest BCUT2D eigenvalue weighted by Crippen LogP contribution is 2.03. The van der Waals surface area contributed by atoms with Crippen LogP contribution in [0.15, 0.2) is 12.4 Å². The van der Waals surface area contributed by atoms with Crippen molar-refractivity contribution >= 4 is 5.95 Å². The van der Waals surface area contributed by atoms with Crippen molar-refractivity contribution in [3.8, 4) is 0 Å². The van der Waals surface area contributed by atoms with Gasteiger partial charge in [0, 0.05) is 25.5 Å². The number of imidazole rings is 1. The summed E-state index contributed by atoms with van der Waals surface area (Å²) in [4.78, 5) is 4.18. The first kappa shape index (κ1) is 8.11. The Labute approximate surface area is 67.4 Å². The van der Waals surface area contributed by atoms with Gasteiger partial charge in [0.15, 0.2) is 0 Å². The van der Waals surface area contributed by atoms with E-state index in [0.29, 0.717) is 0 Å². The zero-order valence-electron chi connectivity index (χ0n) is 7.17.